The van der Waals surface area contributed by atoms with Gasteiger partial charge in [-0.25, -0.2) is 0 Å². The summed E-state index contributed by atoms with van der Waals surface area (Å²) >= 11 is 12.7. The third-order valence-electron chi connectivity index (χ3n) is 2.83. The number of alkyl halides is 2. The van der Waals surface area contributed by atoms with Crippen LogP contribution < -0.4 is 0 Å². The van der Waals surface area contributed by atoms with E-state index in [1.165, 1.54) is 6.42 Å². The topological polar surface area (TPSA) is 0 Å². The summed E-state index contributed by atoms with van der Waals surface area (Å²) in [7, 11) is 0. The first-order chi connectivity index (χ1) is 5.58. The van der Waals surface area contributed by atoms with Gasteiger partial charge in [-0.1, -0.05) is 20.3 Å². The first-order valence-corrected chi connectivity index (χ1v) is 5.73. The third kappa shape index (κ3) is 2.29. The lowest BCUT2D eigenvalue weighted by atomic mass is 9.79. The first kappa shape index (κ1) is 10.7. The van der Waals surface area contributed by atoms with E-state index >= 15 is 0 Å². The van der Waals surface area contributed by atoms with Crippen molar-refractivity contribution in [3.63, 3.8) is 0 Å². The van der Waals surface area contributed by atoms with E-state index in [0.29, 0.717) is 0 Å². The quantitative estimate of drug-likeness (QED) is 0.598. The van der Waals surface area contributed by atoms with Crippen LogP contribution in [0.4, 0.5) is 0 Å². The zero-order valence-corrected chi connectivity index (χ0v) is 9.46. The van der Waals surface area contributed by atoms with Gasteiger partial charge in [0.25, 0.3) is 0 Å². The van der Waals surface area contributed by atoms with Crippen molar-refractivity contribution >= 4 is 23.2 Å². The summed E-state index contributed by atoms with van der Waals surface area (Å²) < 4.78 is 0. The first-order valence-electron chi connectivity index (χ1n) is 4.91. The lowest BCUT2D eigenvalue weighted by Gasteiger charge is -2.38. The molecule has 0 nitrogen and oxygen atoms in total. The zero-order chi connectivity index (χ0) is 9.19. The molecule has 1 aliphatic carbocycles. The van der Waals surface area contributed by atoms with E-state index in [9.17, 15) is 0 Å². The largest absolute Gasteiger partial charge is 0.121 e. The van der Waals surface area contributed by atoms with Gasteiger partial charge in [-0.15, -0.1) is 23.2 Å². The Morgan fingerprint density at radius 2 is 2.08 bits per heavy atom. The average molecular weight is 209 g/mol. The maximum Gasteiger partial charge on any atom is 0.0612 e. The van der Waals surface area contributed by atoms with Gasteiger partial charge >= 0.3 is 0 Å². The Morgan fingerprint density at radius 3 is 2.67 bits per heavy atom. The van der Waals surface area contributed by atoms with Gasteiger partial charge in [0, 0.05) is 0 Å². The minimum absolute atomic E-state index is 0.103. The van der Waals surface area contributed by atoms with Gasteiger partial charge < -0.3 is 0 Å². The summed E-state index contributed by atoms with van der Waals surface area (Å²) in [6, 6.07) is 0. The van der Waals surface area contributed by atoms with Crippen LogP contribution in [-0.4, -0.2) is 10.3 Å². The van der Waals surface area contributed by atoms with Crippen molar-refractivity contribution in [3.8, 4) is 0 Å². The Hall–Kier alpha value is 0.580. The molecule has 1 saturated carbocycles. The molecule has 1 rings (SSSR count). The Kier molecular flexibility index (Phi) is 3.73. The summed E-state index contributed by atoms with van der Waals surface area (Å²) in [5.41, 5.74) is 0. The molecule has 0 amide bonds. The molecular weight excluding hydrogens is 191 g/mol. The number of hydrogen-bond acceptors (Lipinski definition) is 0. The van der Waals surface area contributed by atoms with Gasteiger partial charge in [0.2, 0.25) is 0 Å². The van der Waals surface area contributed by atoms with Crippen LogP contribution in [0.3, 0.4) is 0 Å². The highest BCUT2D eigenvalue weighted by Gasteiger charge is 2.39. The molecule has 0 aromatic rings. The van der Waals surface area contributed by atoms with Crippen molar-refractivity contribution in [2.24, 2.45) is 5.92 Å². The second-order valence-corrected chi connectivity index (χ2v) is 5.42. The molecule has 1 fully saturated rings. The Bertz CT molecular complexity index is 147. The fourth-order valence-corrected chi connectivity index (χ4v) is 3.06. The summed E-state index contributed by atoms with van der Waals surface area (Å²) in [6.07, 6.45) is 5.63. The second-order valence-electron chi connectivity index (χ2n) is 4.14. The van der Waals surface area contributed by atoms with Crippen LogP contribution in [0.15, 0.2) is 0 Å². The highest BCUT2D eigenvalue weighted by atomic mass is 35.5. The zero-order valence-electron chi connectivity index (χ0n) is 7.95. The summed E-state index contributed by atoms with van der Waals surface area (Å²) in [5.74, 6) is 0.754. The van der Waals surface area contributed by atoms with Gasteiger partial charge in [0.05, 0.1) is 10.3 Å². The van der Waals surface area contributed by atoms with Crippen molar-refractivity contribution in [1.29, 1.82) is 0 Å². The molecule has 0 bridgehead atoms. The minimum Gasteiger partial charge on any atom is -0.121 e. The van der Waals surface area contributed by atoms with Crippen molar-refractivity contribution in [3.05, 3.63) is 0 Å². The molecule has 1 aliphatic rings. The van der Waals surface area contributed by atoms with Crippen LogP contribution in [-0.2, 0) is 0 Å². The molecule has 12 heavy (non-hydrogen) atoms. The predicted molar refractivity (Wildman–Crippen MR) is 56.1 cm³/mol. The minimum atomic E-state index is -0.103. The molecule has 3 unspecified atom stereocenters. The van der Waals surface area contributed by atoms with Crippen LogP contribution in [0.2, 0.25) is 0 Å². The van der Waals surface area contributed by atoms with Gasteiger partial charge in [-0.05, 0) is 31.6 Å². The standard InChI is InChI=1S/C10H18Cl2/c1-3-6-10(12)7-8(2)4-5-9(10)11/h8-9H,3-7H2,1-2H3. The Morgan fingerprint density at radius 1 is 1.42 bits per heavy atom. The summed E-state index contributed by atoms with van der Waals surface area (Å²) in [6.45, 7) is 4.45. The van der Waals surface area contributed by atoms with Crippen molar-refractivity contribution < 1.29 is 0 Å². The van der Waals surface area contributed by atoms with E-state index in [1.54, 1.807) is 0 Å². The molecule has 2 heteroatoms. The summed E-state index contributed by atoms with van der Waals surface area (Å²) in [5, 5.41) is 0.190. The van der Waals surface area contributed by atoms with Crippen LogP contribution in [0.5, 0.6) is 0 Å². The fraction of sp³-hybridized carbons (Fsp3) is 1.00. The van der Waals surface area contributed by atoms with Crippen molar-refractivity contribution in [1.82, 2.24) is 0 Å². The van der Waals surface area contributed by atoms with Crippen molar-refractivity contribution in [2.75, 3.05) is 0 Å². The normalized spacial score (nSPS) is 43.0. The van der Waals surface area contributed by atoms with Gasteiger partial charge in [-0.3, -0.25) is 0 Å². The monoisotopic (exact) mass is 208 g/mol. The van der Waals surface area contributed by atoms with Gasteiger partial charge in [0.15, 0.2) is 0 Å². The van der Waals surface area contributed by atoms with Crippen LogP contribution in [0.25, 0.3) is 0 Å². The average Bonchev–Trinajstić information content (AvgIpc) is 1.98. The number of rotatable bonds is 2. The van der Waals surface area contributed by atoms with Crippen LogP contribution >= 0.6 is 23.2 Å². The number of hydrogen-bond donors (Lipinski definition) is 0. The molecule has 0 N–H and O–H groups in total. The van der Waals surface area contributed by atoms with E-state index in [2.05, 4.69) is 13.8 Å². The van der Waals surface area contributed by atoms with E-state index in [1.807, 2.05) is 0 Å². The third-order valence-corrected chi connectivity index (χ3v) is 4.18. The van der Waals surface area contributed by atoms with Crippen LogP contribution in [0, 0.1) is 5.92 Å². The molecule has 0 radical (unpaired) electrons. The second kappa shape index (κ2) is 4.19. The van der Waals surface area contributed by atoms with E-state index < -0.39 is 0 Å². The van der Waals surface area contributed by atoms with Crippen LogP contribution in [0.1, 0.15) is 46.0 Å². The molecule has 0 saturated heterocycles. The Labute approximate surface area is 85.6 Å². The lowest BCUT2D eigenvalue weighted by molar-refractivity contribution is 0.298. The number of halogens is 2. The molecule has 0 heterocycles. The molecule has 0 aromatic heterocycles. The van der Waals surface area contributed by atoms with Crippen molar-refractivity contribution in [2.45, 2.75) is 56.2 Å². The smallest absolute Gasteiger partial charge is 0.0612 e. The molecule has 0 aliphatic heterocycles. The molecule has 0 aromatic carbocycles. The SMILES string of the molecule is CCCC1(Cl)CC(C)CCC1Cl. The lowest BCUT2D eigenvalue weighted by Crippen LogP contribution is -2.38. The maximum absolute atomic E-state index is 6.49. The highest BCUT2D eigenvalue weighted by Crippen LogP contribution is 2.43. The van der Waals surface area contributed by atoms with Gasteiger partial charge in [0.1, 0.15) is 0 Å². The van der Waals surface area contributed by atoms with Gasteiger partial charge in [-0.2, -0.15) is 0 Å². The highest BCUT2D eigenvalue weighted by molar-refractivity contribution is 6.32. The fourth-order valence-electron chi connectivity index (χ4n) is 2.17. The molecule has 3 atom stereocenters. The Balaban J connectivity index is 2.57. The molecule has 0 spiro atoms. The summed E-state index contributed by atoms with van der Waals surface area (Å²) in [4.78, 5) is -0.103. The van der Waals surface area contributed by atoms with E-state index in [-0.39, 0.29) is 10.3 Å². The van der Waals surface area contributed by atoms with E-state index in [4.69, 9.17) is 23.2 Å². The maximum atomic E-state index is 6.49. The molecule has 72 valence electrons. The van der Waals surface area contributed by atoms with E-state index in [0.717, 1.165) is 31.6 Å². The predicted octanol–water partition coefficient (Wildman–Crippen LogP) is 4.19. The molecular formula is C10H18Cl2.